The highest BCUT2D eigenvalue weighted by molar-refractivity contribution is 6.42. The number of amides is 1. The first-order valence-electron chi connectivity index (χ1n) is 5.78. The van der Waals surface area contributed by atoms with Crippen LogP contribution >= 0.6 is 46.4 Å². The van der Waals surface area contributed by atoms with Crippen molar-refractivity contribution in [3.8, 4) is 5.75 Å². The molecule has 0 saturated heterocycles. The van der Waals surface area contributed by atoms with Gasteiger partial charge in [0.2, 0.25) is 5.91 Å². The summed E-state index contributed by atoms with van der Waals surface area (Å²) in [6, 6.07) is 7.62. The Morgan fingerprint density at radius 3 is 2.38 bits per heavy atom. The molecule has 3 nitrogen and oxygen atoms in total. The number of halogens is 4. The maximum Gasteiger partial charge on any atom is 0.228 e. The molecular formula is C14H9Cl4NO2. The Kier molecular flexibility index (Phi) is 5.22. The molecule has 0 heterocycles. The number of rotatable bonds is 3. The third-order valence-corrected chi connectivity index (χ3v) is 3.91. The Labute approximate surface area is 141 Å². The van der Waals surface area contributed by atoms with E-state index in [0.29, 0.717) is 26.3 Å². The van der Waals surface area contributed by atoms with Crippen LogP contribution in [0, 0.1) is 0 Å². The summed E-state index contributed by atoms with van der Waals surface area (Å²) in [6.07, 6.45) is -0.0770. The lowest BCUT2D eigenvalue weighted by Crippen LogP contribution is -2.14. The number of nitrogens with one attached hydrogen (secondary N) is 1. The van der Waals surface area contributed by atoms with E-state index in [2.05, 4.69) is 5.32 Å². The fourth-order valence-corrected chi connectivity index (χ4v) is 2.54. The van der Waals surface area contributed by atoms with Crippen LogP contribution in [0.4, 0.5) is 5.69 Å². The number of phenolic OH excluding ortho intramolecular Hbond substituents is 1. The van der Waals surface area contributed by atoms with Gasteiger partial charge in [0.1, 0.15) is 5.75 Å². The van der Waals surface area contributed by atoms with Gasteiger partial charge in [0.05, 0.1) is 21.5 Å². The summed E-state index contributed by atoms with van der Waals surface area (Å²) >= 11 is 23.3. The van der Waals surface area contributed by atoms with Crippen LogP contribution in [-0.2, 0) is 11.2 Å². The Morgan fingerprint density at radius 2 is 1.71 bits per heavy atom. The molecule has 7 heteroatoms. The second-order valence-electron chi connectivity index (χ2n) is 4.25. The summed E-state index contributed by atoms with van der Waals surface area (Å²) in [5, 5.41) is 13.6. The molecule has 0 fully saturated rings. The largest absolute Gasteiger partial charge is 0.506 e. The molecule has 21 heavy (non-hydrogen) atoms. The molecule has 2 aromatic carbocycles. The predicted molar refractivity (Wildman–Crippen MR) is 86.9 cm³/mol. The number of carbonyl (C=O) groups excluding carboxylic acids is 1. The second kappa shape index (κ2) is 6.75. The van der Waals surface area contributed by atoms with Gasteiger partial charge in [0.15, 0.2) is 0 Å². The summed E-state index contributed by atoms with van der Waals surface area (Å²) in [5.41, 5.74) is 0.840. The molecule has 2 N–H and O–H groups in total. The van der Waals surface area contributed by atoms with E-state index in [0.717, 1.165) is 0 Å². The second-order valence-corrected chi connectivity index (χ2v) is 5.91. The molecule has 1 amide bonds. The van der Waals surface area contributed by atoms with E-state index >= 15 is 0 Å². The molecule has 0 aromatic heterocycles. The van der Waals surface area contributed by atoms with Gasteiger partial charge in [-0.3, -0.25) is 4.79 Å². The normalized spacial score (nSPS) is 10.5. The first kappa shape index (κ1) is 16.2. The fourth-order valence-electron chi connectivity index (χ4n) is 1.71. The topological polar surface area (TPSA) is 49.3 Å². The molecule has 0 aliphatic rings. The number of hydrogen-bond donors (Lipinski definition) is 2. The van der Waals surface area contributed by atoms with Gasteiger partial charge in [-0.05, 0) is 30.3 Å². The highest BCUT2D eigenvalue weighted by atomic mass is 35.5. The monoisotopic (exact) mass is 363 g/mol. The number of anilines is 1. The minimum Gasteiger partial charge on any atom is -0.506 e. The summed E-state index contributed by atoms with van der Waals surface area (Å²) in [4.78, 5) is 12.0. The van der Waals surface area contributed by atoms with E-state index in [4.69, 9.17) is 46.4 Å². The molecule has 0 unspecified atom stereocenters. The number of hydrogen-bond acceptors (Lipinski definition) is 2. The van der Waals surface area contributed by atoms with Gasteiger partial charge in [-0.2, -0.15) is 0 Å². The minimum absolute atomic E-state index is 0.0770. The van der Waals surface area contributed by atoms with Crippen LogP contribution in [0.15, 0.2) is 30.3 Å². The molecular weight excluding hydrogens is 356 g/mol. The zero-order chi connectivity index (χ0) is 15.6. The zero-order valence-corrected chi connectivity index (χ0v) is 13.5. The molecule has 2 aromatic rings. The van der Waals surface area contributed by atoms with E-state index in [-0.39, 0.29) is 23.1 Å². The Balaban J connectivity index is 2.13. The van der Waals surface area contributed by atoms with Crippen molar-refractivity contribution in [3.63, 3.8) is 0 Å². The first-order chi connectivity index (χ1) is 9.86. The van der Waals surface area contributed by atoms with Crippen LogP contribution in [-0.4, -0.2) is 11.0 Å². The molecule has 0 bridgehead atoms. The van der Waals surface area contributed by atoms with Crippen molar-refractivity contribution in [1.29, 1.82) is 0 Å². The van der Waals surface area contributed by atoms with Crippen molar-refractivity contribution in [2.24, 2.45) is 0 Å². The summed E-state index contributed by atoms with van der Waals surface area (Å²) in [5.74, 6) is -0.507. The van der Waals surface area contributed by atoms with Crippen molar-refractivity contribution in [1.82, 2.24) is 0 Å². The van der Waals surface area contributed by atoms with Gasteiger partial charge < -0.3 is 10.4 Å². The van der Waals surface area contributed by atoms with E-state index in [1.54, 1.807) is 12.1 Å². The number of phenols is 1. The lowest BCUT2D eigenvalue weighted by atomic mass is 10.1. The van der Waals surface area contributed by atoms with E-state index < -0.39 is 0 Å². The van der Waals surface area contributed by atoms with Crippen LogP contribution in [0.25, 0.3) is 0 Å². The molecule has 0 aliphatic carbocycles. The van der Waals surface area contributed by atoms with E-state index in [9.17, 15) is 9.90 Å². The molecule has 0 spiro atoms. The van der Waals surface area contributed by atoms with Crippen LogP contribution in [0.1, 0.15) is 5.56 Å². The van der Waals surface area contributed by atoms with Crippen LogP contribution in [0.3, 0.4) is 0 Å². The summed E-state index contributed by atoms with van der Waals surface area (Å²) < 4.78 is 0. The Hall–Kier alpha value is -1.13. The standard InChI is InChI=1S/C14H9Cl4NO2/c15-8-3-7(14(21)12(18)5-8)4-13(20)19-9-1-2-10(16)11(17)6-9/h1-3,5-6,21H,4H2,(H,19,20). The Morgan fingerprint density at radius 1 is 1.00 bits per heavy atom. The predicted octanol–water partition coefficient (Wildman–Crippen LogP) is 5.19. The van der Waals surface area contributed by atoms with Gasteiger partial charge in [0, 0.05) is 16.3 Å². The van der Waals surface area contributed by atoms with Gasteiger partial charge in [-0.15, -0.1) is 0 Å². The highest BCUT2D eigenvalue weighted by Crippen LogP contribution is 2.31. The van der Waals surface area contributed by atoms with Crippen molar-refractivity contribution in [2.75, 3.05) is 5.32 Å². The molecule has 0 aliphatic heterocycles. The third-order valence-electron chi connectivity index (χ3n) is 2.66. The van der Waals surface area contributed by atoms with Gasteiger partial charge in [-0.1, -0.05) is 46.4 Å². The van der Waals surface area contributed by atoms with Crippen LogP contribution in [0.2, 0.25) is 20.1 Å². The SMILES string of the molecule is O=C(Cc1cc(Cl)cc(Cl)c1O)Nc1ccc(Cl)c(Cl)c1. The Bertz CT molecular complexity index is 704. The quantitative estimate of drug-likeness (QED) is 0.787. The molecule has 0 radical (unpaired) electrons. The number of benzene rings is 2. The summed E-state index contributed by atoms with van der Waals surface area (Å²) in [6.45, 7) is 0. The maximum absolute atomic E-state index is 12.0. The average Bonchev–Trinajstić information content (AvgIpc) is 2.39. The number of aromatic hydroxyl groups is 1. The first-order valence-corrected chi connectivity index (χ1v) is 7.30. The average molecular weight is 365 g/mol. The van der Waals surface area contributed by atoms with Crippen molar-refractivity contribution in [2.45, 2.75) is 6.42 Å². The van der Waals surface area contributed by atoms with E-state index in [1.165, 1.54) is 18.2 Å². The van der Waals surface area contributed by atoms with Crippen molar-refractivity contribution < 1.29 is 9.90 Å². The number of carbonyl (C=O) groups is 1. The van der Waals surface area contributed by atoms with Gasteiger partial charge >= 0.3 is 0 Å². The third kappa shape index (κ3) is 4.17. The zero-order valence-electron chi connectivity index (χ0n) is 10.5. The molecule has 110 valence electrons. The fraction of sp³-hybridized carbons (Fsp3) is 0.0714. The van der Waals surface area contributed by atoms with Crippen molar-refractivity contribution in [3.05, 3.63) is 56.0 Å². The van der Waals surface area contributed by atoms with Crippen LogP contribution < -0.4 is 5.32 Å². The highest BCUT2D eigenvalue weighted by Gasteiger charge is 2.12. The smallest absolute Gasteiger partial charge is 0.228 e. The van der Waals surface area contributed by atoms with Gasteiger partial charge in [-0.25, -0.2) is 0 Å². The molecule has 2 rings (SSSR count). The van der Waals surface area contributed by atoms with Gasteiger partial charge in [0.25, 0.3) is 0 Å². The molecule has 0 atom stereocenters. The summed E-state index contributed by atoms with van der Waals surface area (Å²) in [7, 11) is 0. The van der Waals surface area contributed by atoms with Crippen molar-refractivity contribution >= 4 is 58.0 Å². The van der Waals surface area contributed by atoms with Crippen LogP contribution in [0.5, 0.6) is 5.75 Å². The van der Waals surface area contributed by atoms with E-state index in [1.807, 2.05) is 0 Å². The maximum atomic E-state index is 12.0. The lowest BCUT2D eigenvalue weighted by molar-refractivity contribution is -0.115. The minimum atomic E-state index is -0.345. The lowest BCUT2D eigenvalue weighted by Gasteiger charge is -2.09. The molecule has 0 saturated carbocycles.